The molecule has 1 aromatic rings. The second-order valence-electron chi connectivity index (χ2n) is 3.76. The second kappa shape index (κ2) is 3.86. The fraction of sp³-hybridized carbons (Fsp3) is 0.556. The molecule has 0 bridgehead atoms. The van der Waals surface area contributed by atoms with Gasteiger partial charge in [0.2, 0.25) is 0 Å². The maximum atomic E-state index is 11.1. The Morgan fingerprint density at radius 3 is 3.07 bits per heavy atom. The highest BCUT2D eigenvalue weighted by Crippen LogP contribution is 2.10. The van der Waals surface area contributed by atoms with Crippen LogP contribution in [-0.4, -0.2) is 31.2 Å². The molecular weight excluding hydrogens is 214 g/mol. The van der Waals surface area contributed by atoms with E-state index in [2.05, 4.69) is 15.3 Å². The van der Waals surface area contributed by atoms with E-state index < -0.39 is 9.84 Å². The van der Waals surface area contributed by atoms with Crippen molar-refractivity contribution in [1.29, 1.82) is 0 Å². The lowest BCUT2D eigenvalue weighted by Crippen LogP contribution is -2.25. The Balaban J connectivity index is 2.28. The molecule has 15 heavy (non-hydrogen) atoms. The highest BCUT2D eigenvalue weighted by molar-refractivity contribution is 7.89. The largest absolute Gasteiger partial charge is 0.312 e. The monoisotopic (exact) mass is 227 g/mol. The van der Waals surface area contributed by atoms with Crippen LogP contribution >= 0.6 is 0 Å². The molecule has 0 saturated carbocycles. The number of hydrogen-bond acceptors (Lipinski definition) is 5. The molecule has 5 nitrogen and oxygen atoms in total. The van der Waals surface area contributed by atoms with Gasteiger partial charge in [0.1, 0.15) is 11.6 Å². The maximum absolute atomic E-state index is 11.1. The summed E-state index contributed by atoms with van der Waals surface area (Å²) in [5, 5.41) is 3.21. The molecule has 2 heterocycles. The van der Waals surface area contributed by atoms with Gasteiger partial charge in [0, 0.05) is 43.2 Å². The fourth-order valence-electron chi connectivity index (χ4n) is 1.58. The van der Waals surface area contributed by atoms with E-state index in [-0.39, 0.29) is 5.75 Å². The van der Waals surface area contributed by atoms with Crippen molar-refractivity contribution in [3.8, 4) is 0 Å². The van der Waals surface area contributed by atoms with E-state index in [0.717, 1.165) is 30.8 Å². The number of fused-ring (bicyclic) bond motifs is 1. The zero-order valence-electron chi connectivity index (χ0n) is 8.52. The molecular formula is C9H13N3O2S. The van der Waals surface area contributed by atoms with Crippen molar-refractivity contribution in [2.75, 3.05) is 12.8 Å². The molecule has 0 radical (unpaired) electrons. The van der Waals surface area contributed by atoms with Crippen LogP contribution in [0.25, 0.3) is 0 Å². The molecule has 0 aromatic carbocycles. The molecule has 2 rings (SSSR count). The lowest BCUT2D eigenvalue weighted by molar-refractivity contribution is 0.597. The second-order valence-corrected chi connectivity index (χ2v) is 5.90. The first kappa shape index (κ1) is 10.5. The van der Waals surface area contributed by atoms with E-state index in [0.29, 0.717) is 5.82 Å². The summed E-state index contributed by atoms with van der Waals surface area (Å²) in [6.45, 7) is 1.66. The average Bonchev–Trinajstić information content (AvgIpc) is 2.15. The Morgan fingerprint density at radius 2 is 2.33 bits per heavy atom. The molecule has 0 aliphatic carbocycles. The van der Waals surface area contributed by atoms with Gasteiger partial charge in [0.25, 0.3) is 0 Å². The SMILES string of the molecule is CS(=O)(=O)Cc1ncc2c(n1)CCNC2. The van der Waals surface area contributed by atoms with Crippen molar-refractivity contribution in [2.24, 2.45) is 0 Å². The van der Waals surface area contributed by atoms with Crippen LogP contribution in [0.2, 0.25) is 0 Å². The van der Waals surface area contributed by atoms with Gasteiger partial charge in [-0.2, -0.15) is 0 Å². The first-order valence-electron chi connectivity index (χ1n) is 4.77. The molecule has 1 N–H and O–H groups in total. The van der Waals surface area contributed by atoms with Gasteiger partial charge in [-0.05, 0) is 0 Å². The van der Waals surface area contributed by atoms with E-state index >= 15 is 0 Å². The first-order valence-corrected chi connectivity index (χ1v) is 6.83. The minimum Gasteiger partial charge on any atom is -0.312 e. The Hall–Kier alpha value is -1.01. The predicted molar refractivity (Wildman–Crippen MR) is 56.0 cm³/mol. The molecule has 0 fully saturated rings. The van der Waals surface area contributed by atoms with Gasteiger partial charge in [-0.3, -0.25) is 0 Å². The van der Waals surface area contributed by atoms with Crippen molar-refractivity contribution in [1.82, 2.24) is 15.3 Å². The Bertz CT molecular complexity index is 470. The molecule has 0 unspecified atom stereocenters. The third kappa shape index (κ3) is 2.73. The minimum absolute atomic E-state index is 0.0757. The summed E-state index contributed by atoms with van der Waals surface area (Å²) in [6.07, 6.45) is 3.75. The topological polar surface area (TPSA) is 72.0 Å². The number of aromatic nitrogens is 2. The standard InChI is InChI=1S/C9H13N3O2S/c1-15(13,14)6-9-11-5-7-4-10-3-2-8(7)12-9/h5,10H,2-4,6H2,1H3. The third-order valence-corrected chi connectivity index (χ3v) is 3.03. The summed E-state index contributed by atoms with van der Waals surface area (Å²) in [6, 6.07) is 0. The highest BCUT2D eigenvalue weighted by Gasteiger charge is 2.13. The van der Waals surface area contributed by atoms with Crippen molar-refractivity contribution in [2.45, 2.75) is 18.7 Å². The van der Waals surface area contributed by atoms with Crippen LogP contribution < -0.4 is 5.32 Å². The van der Waals surface area contributed by atoms with Gasteiger partial charge < -0.3 is 5.32 Å². The number of rotatable bonds is 2. The van der Waals surface area contributed by atoms with Crippen molar-refractivity contribution < 1.29 is 8.42 Å². The molecule has 0 amide bonds. The van der Waals surface area contributed by atoms with Crippen molar-refractivity contribution in [3.05, 3.63) is 23.3 Å². The van der Waals surface area contributed by atoms with Crippen LogP contribution in [0.3, 0.4) is 0 Å². The smallest absolute Gasteiger partial charge is 0.154 e. The lowest BCUT2D eigenvalue weighted by Gasteiger charge is -2.15. The minimum atomic E-state index is -3.04. The average molecular weight is 227 g/mol. The van der Waals surface area contributed by atoms with Gasteiger partial charge in [0.05, 0.1) is 0 Å². The predicted octanol–water partition coefficient (Wildman–Crippen LogP) is -0.333. The van der Waals surface area contributed by atoms with Crippen LogP contribution in [0.4, 0.5) is 0 Å². The van der Waals surface area contributed by atoms with Gasteiger partial charge in [-0.25, -0.2) is 18.4 Å². The highest BCUT2D eigenvalue weighted by atomic mass is 32.2. The van der Waals surface area contributed by atoms with Crippen molar-refractivity contribution in [3.63, 3.8) is 0 Å². The van der Waals surface area contributed by atoms with Crippen LogP contribution in [0.15, 0.2) is 6.20 Å². The normalized spacial score (nSPS) is 16.1. The molecule has 1 aromatic heterocycles. The number of nitrogens with one attached hydrogen (secondary N) is 1. The van der Waals surface area contributed by atoms with E-state index in [4.69, 9.17) is 0 Å². The Morgan fingerprint density at radius 1 is 1.53 bits per heavy atom. The molecule has 1 aliphatic rings. The number of hydrogen-bond donors (Lipinski definition) is 1. The quantitative estimate of drug-likeness (QED) is 0.749. The zero-order chi connectivity index (χ0) is 10.9. The summed E-state index contributed by atoms with van der Waals surface area (Å²) in [7, 11) is -3.04. The van der Waals surface area contributed by atoms with Crippen LogP contribution in [-0.2, 0) is 28.6 Å². The van der Waals surface area contributed by atoms with Crippen LogP contribution in [0.1, 0.15) is 17.1 Å². The fourth-order valence-corrected chi connectivity index (χ4v) is 2.19. The van der Waals surface area contributed by atoms with Gasteiger partial charge in [-0.15, -0.1) is 0 Å². The van der Waals surface area contributed by atoms with E-state index in [1.807, 2.05) is 0 Å². The summed E-state index contributed by atoms with van der Waals surface area (Å²) < 4.78 is 22.2. The third-order valence-electron chi connectivity index (χ3n) is 2.25. The van der Waals surface area contributed by atoms with Crippen LogP contribution in [0.5, 0.6) is 0 Å². The summed E-state index contributed by atoms with van der Waals surface area (Å²) in [5.41, 5.74) is 2.04. The van der Waals surface area contributed by atoms with E-state index in [9.17, 15) is 8.42 Å². The molecule has 1 aliphatic heterocycles. The number of sulfone groups is 1. The molecule has 82 valence electrons. The molecule has 0 atom stereocenters. The molecule has 0 saturated heterocycles. The van der Waals surface area contributed by atoms with Gasteiger partial charge in [-0.1, -0.05) is 0 Å². The van der Waals surface area contributed by atoms with Gasteiger partial charge in [0.15, 0.2) is 9.84 Å². The molecule has 0 spiro atoms. The zero-order valence-corrected chi connectivity index (χ0v) is 9.34. The summed E-state index contributed by atoms with van der Waals surface area (Å²) in [4.78, 5) is 8.32. The lowest BCUT2D eigenvalue weighted by atomic mass is 10.1. The first-order chi connectivity index (χ1) is 7.04. The summed E-state index contributed by atoms with van der Waals surface area (Å²) >= 11 is 0. The maximum Gasteiger partial charge on any atom is 0.154 e. The van der Waals surface area contributed by atoms with Crippen LogP contribution in [0, 0.1) is 0 Å². The number of nitrogens with zero attached hydrogens (tertiary/aromatic N) is 2. The van der Waals surface area contributed by atoms with E-state index in [1.54, 1.807) is 6.20 Å². The van der Waals surface area contributed by atoms with Gasteiger partial charge >= 0.3 is 0 Å². The van der Waals surface area contributed by atoms with Crippen molar-refractivity contribution >= 4 is 9.84 Å². The summed E-state index contributed by atoms with van der Waals surface area (Å²) in [5.74, 6) is 0.325. The Kier molecular flexibility index (Phi) is 2.70. The van der Waals surface area contributed by atoms with E-state index in [1.165, 1.54) is 6.26 Å². The molecule has 6 heteroatoms. The Labute approximate surface area is 88.9 Å².